The Bertz CT molecular complexity index is 646. The molecule has 0 atom stereocenters. The fourth-order valence-electron chi connectivity index (χ4n) is 1.49. The van der Waals surface area contributed by atoms with Gasteiger partial charge < -0.3 is 0 Å². The molecule has 0 aromatic heterocycles. The van der Waals surface area contributed by atoms with Gasteiger partial charge in [0, 0.05) is 21.0 Å². The van der Waals surface area contributed by atoms with Crippen LogP contribution in [0.1, 0.15) is 10.4 Å². The highest BCUT2D eigenvalue weighted by atomic mass is 79.9. The molecule has 0 aliphatic rings. The molecule has 96 valence electrons. The van der Waals surface area contributed by atoms with Gasteiger partial charge in [0.2, 0.25) is 0 Å². The quantitative estimate of drug-likeness (QED) is 0.473. The molecule has 0 unspecified atom stereocenters. The van der Waals surface area contributed by atoms with Crippen LogP contribution in [0.3, 0.4) is 0 Å². The Morgan fingerprint density at radius 1 is 1.21 bits per heavy atom. The lowest BCUT2D eigenvalue weighted by atomic mass is 10.2. The van der Waals surface area contributed by atoms with Gasteiger partial charge in [-0.25, -0.2) is 0 Å². The van der Waals surface area contributed by atoms with E-state index in [1.54, 1.807) is 36.4 Å². The molecule has 19 heavy (non-hydrogen) atoms. The van der Waals surface area contributed by atoms with E-state index in [4.69, 9.17) is 0 Å². The number of rotatable bonds is 4. The summed E-state index contributed by atoms with van der Waals surface area (Å²) >= 11 is 4.58. The van der Waals surface area contributed by atoms with Gasteiger partial charge in [0.1, 0.15) is 0 Å². The molecule has 0 amide bonds. The first-order valence-corrected chi connectivity index (χ1v) is 6.89. The molecule has 0 radical (unpaired) electrons. The summed E-state index contributed by atoms with van der Waals surface area (Å²) in [5, 5.41) is 10.9. The van der Waals surface area contributed by atoms with Crippen LogP contribution in [0.15, 0.2) is 56.7 Å². The van der Waals surface area contributed by atoms with Crippen LogP contribution >= 0.6 is 27.7 Å². The minimum absolute atomic E-state index is 0.0723. The highest BCUT2D eigenvalue weighted by Gasteiger charge is 2.13. The smallest absolute Gasteiger partial charge is 0.283 e. The molecule has 0 saturated carbocycles. The maximum absolute atomic E-state index is 10.9. The highest BCUT2D eigenvalue weighted by Crippen LogP contribution is 2.35. The first-order chi connectivity index (χ1) is 9.11. The SMILES string of the molecule is O=Cc1ccc(Sc2ccccc2[N+](=O)[O-])cc1Br. The summed E-state index contributed by atoms with van der Waals surface area (Å²) in [6, 6.07) is 11.8. The number of halogens is 1. The van der Waals surface area contributed by atoms with Crippen LogP contribution in [0.5, 0.6) is 0 Å². The van der Waals surface area contributed by atoms with E-state index in [-0.39, 0.29) is 5.69 Å². The zero-order valence-electron chi connectivity index (χ0n) is 9.58. The zero-order chi connectivity index (χ0) is 13.8. The summed E-state index contributed by atoms with van der Waals surface area (Å²) in [5.41, 5.74) is 0.620. The van der Waals surface area contributed by atoms with Crippen LogP contribution in [0.4, 0.5) is 5.69 Å². The molecule has 0 heterocycles. The summed E-state index contributed by atoms with van der Waals surface area (Å²) in [5.74, 6) is 0. The van der Waals surface area contributed by atoms with Crippen molar-refractivity contribution in [3.8, 4) is 0 Å². The average Bonchev–Trinajstić information content (AvgIpc) is 2.39. The average molecular weight is 338 g/mol. The number of hydrogen-bond donors (Lipinski definition) is 0. The van der Waals surface area contributed by atoms with Crippen molar-refractivity contribution in [2.24, 2.45) is 0 Å². The van der Waals surface area contributed by atoms with Crippen molar-refractivity contribution in [3.63, 3.8) is 0 Å². The normalized spacial score (nSPS) is 10.2. The van der Waals surface area contributed by atoms with E-state index in [2.05, 4.69) is 15.9 Å². The molecule has 0 aliphatic heterocycles. The number of benzene rings is 2. The number of hydrogen-bond acceptors (Lipinski definition) is 4. The van der Waals surface area contributed by atoms with E-state index in [0.29, 0.717) is 14.9 Å². The molecule has 0 saturated heterocycles. The number of carbonyl (C=O) groups is 1. The first-order valence-electron chi connectivity index (χ1n) is 5.28. The van der Waals surface area contributed by atoms with Crippen LogP contribution in [-0.2, 0) is 0 Å². The van der Waals surface area contributed by atoms with Crippen molar-refractivity contribution < 1.29 is 9.72 Å². The number of nitro benzene ring substituents is 1. The maximum Gasteiger partial charge on any atom is 0.283 e. The van der Waals surface area contributed by atoms with E-state index in [9.17, 15) is 14.9 Å². The van der Waals surface area contributed by atoms with Crippen LogP contribution in [0, 0.1) is 10.1 Å². The Labute approximate surface area is 122 Å². The summed E-state index contributed by atoms with van der Waals surface area (Å²) in [6.45, 7) is 0. The molecule has 2 aromatic rings. The van der Waals surface area contributed by atoms with Crippen molar-refractivity contribution in [2.75, 3.05) is 0 Å². The standard InChI is InChI=1S/C13H8BrNO3S/c14-11-7-10(6-5-9(11)8-16)19-13-4-2-1-3-12(13)15(17)18/h1-8H. The van der Waals surface area contributed by atoms with Crippen molar-refractivity contribution in [3.05, 3.63) is 62.6 Å². The zero-order valence-corrected chi connectivity index (χ0v) is 12.0. The number of aldehydes is 1. The van der Waals surface area contributed by atoms with E-state index < -0.39 is 4.92 Å². The van der Waals surface area contributed by atoms with E-state index in [0.717, 1.165) is 11.2 Å². The third-order valence-electron chi connectivity index (χ3n) is 2.39. The molecule has 6 heteroatoms. The Hall–Kier alpha value is -1.66. The molecular formula is C13H8BrNO3S. The molecule has 0 spiro atoms. The van der Waals surface area contributed by atoms with E-state index in [1.165, 1.54) is 17.8 Å². The van der Waals surface area contributed by atoms with Crippen LogP contribution in [0.25, 0.3) is 0 Å². The molecule has 2 rings (SSSR count). The van der Waals surface area contributed by atoms with Crippen LogP contribution in [0.2, 0.25) is 0 Å². The van der Waals surface area contributed by atoms with Gasteiger partial charge in [0.25, 0.3) is 5.69 Å². The molecule has 0 N–H and O–H groups in total. The van der Waals surface area contributed by atoms with Gasteiger partial charge in [-0.05, 0) is 24.3 Å². The fraction of sp³-hybridized carbons (Fsp3) is 0. The topological polar surface area (TPSA) is 60.2 Å². The van der Waals surface area contributed by atoms with Gasteiger partial charge >= 0.3 is 0 Å². The first kappa shape index (κ1) is 13.8. The van der Waals surface area contributed by atoms with E-state index >= 15 is 0 Å². The fourth-order valence-corrected chi connectivity index (χ4v) is 3.07. The summed E-state index contributed by atoms with van der Waals surface area (Å²) in [7, 11) is 0. The second kappa shape index (κ2) is 5.99. The maximum atomic E-state index is 10.9. The van der Waals surface area contributed by atoms with Gasteiger partial charge in [0.05, 0.1) is 9.82 Å². The van der Waals surface area contributed by atoms with Crippen LogP contribution < -0.4 is 0 Å². The monoisotopic (exact) mass is 337 g/mol. The second-order valence-corrected chi connectivity index (χ2v) is 5.60. The lowest BCUT2D eigenvalue weighted by molar-refractivity contribution is -0.387. The predicted octanol–water partition coefficient (Wildman–Crippen LogP) is 4.32. The predicted molar refractivity (Wildman–Crippen MR) is 76.7 cm³/mol. The largest absolute Gasteiger partial charge is 0.298 e. The Kier molecular flexibility index (Phi) is 4.34. The summed E-state index contributed by atoms with van der Waals surface area (Å²) in [4.78, 5) is 22.6. The third kappa shape index (κ3) is 3.21. The number of nitrogens with zero attached hydrogens (tertiary/aromatic N) is 1. The van der Waals surface area contributed by atoms with Crippen molar-refractivity contribution in [1.82, 2.24) is 0 Å². The summed E-state index contributed by atoms with van der Waals surface area (Å²) in [6.07, 6.45) is 0.753. The van der Waals surface area contributed by atoms with Crippen molar-refractivity contribution >= 4 is 39.7 Å². The highest BCUT2D eigenvalue weighted by molar-refractivity contribution is 9.10. The number of nitro groups is 1. The van der Waals surface area contributed by atoms with Crippen molar-refractivity contribution in [1.29, 1.82) is 0 Å². The Morgan fingerprint density at radius 2 is 1.95 bits per heavy atom. The number of carbonyl (C=O) groups excluding carboxylic acids is 1. The molecule has 0 aliphatic carbocycles. The van der Waals surface area contributed by atoms with Gasteiger partial charge in [-0.1, -0.05) is 39.8 Å². The number of para-hydroxylation sites is 1. The summed E-state index contributed by atoms with van der Waals surface area (Å²) < 4.78 is 0.672. The minimum Gasteiger partial charge on any atom is -0.298 e. The lowest BCUT2D eigenvalue weighted by Crippen LogP contribution is -1.90. The molecular weight excluding hydrogens is 330 g/mol. The molecule has 2 aromatic carbocycles. The Balaban J connectivity index is 2.34. The van der Waals surface area contributed by atoms with Gasteiger partial charge in [-0.2, -0.15) is 0 Å². The molecule has 0 bridgehead atoms. The third-order valence-corrected chi connectivity index (χ3v) is 4.13. The Morgan fingerprint density at radius 3 is 2.58 bits per heavy atom. The van der Waals surface area contributed by atoms with Crippen molar-refractivity contribution in [2.45, 2.75) is 9.79 Å². The van der Waals surface area contributed by atoms with Gasteiger partial charge in [-0.3, -0.25) is 14.9 Å². The van der Waals surface area contributed by atoms with E-state index in [1.807, 2.05) is 0 Å². The van der Waals surface area contributed by atoms with Crippen LogP contribution in [-0.4, -0.2) is 11.2 Å². The molecule has 0 fully saturated rings. The second-order valence-electron chi connectivity index (χ2n) is 3.63. The minimum atomic E-state index is -0.406. The lowest BCUT2D eigenvalue weighted by Gasteiger charge is -2.04. The van der Waals surface area contributed by atoms with Gasteiger partial charge in [0.15, 0.2) is 6.29 Å². The van der Waals surface area contributed by atoms with Gasteiger partial charge in [-0.15, -0.1) is 0 Å². The molecule has 4 nitrogen and oxygen atoms in total.